The van der Waals surface area contributed by atoms with Crippen LogP contribution in [0, 0.1) is 24.7 Å². The van der Waals surface area contributed by atoms with Crippen molar-refractivity contribution >= 4 is 16.9 Å². The first-order chi connectivity index (χ1) is 12.6. The molecule has 3 nitrogen and oxygen atoms in total. The molecule has 2 aromatic carbocycles. The van der Waals surface area contributed by atoms with Crippen molar-refractivity contribution in [3.8, 4) is 11.8 Å². The molecule has 26 heavy (non-hydrogen) atoms. The van der Waals surface area contributed by atoms with Crippen molar-refractivity contribution in [3.05, 3.63) is 71.0 Å². The van der Waals surface area contributed by atoms with E-state index >= 15 is 0 Å². The first kappa shape index (κ1) is 17.8. The third kappa shape index (κ3) is 4.15. The number of furan rings is 1. The number of esters is 1. The van der Waals surface area contributed by atoms with Gasteiger partial charge in [-0.1, -0.05) is 48.6 Å². The topological polar surface area (TPSA) is 39.4 Å². The van der Waals surface area contributed by atoms with Gasteiger partial charge in [-0.05, 0) is 38.1 Å². The molecular formula is C23H22O3. The lowest BCUT2D eigenvalue weighted by Crippen LogP contribution is -2.16. The van der Waals surface area contributed by atoms with Crippen molar-refractivity contribution < 1.29 is 13.9 Å². The number of para-hydroxylation sites is 1. The van der Waals surface area contributed by atoms with Gasteiger partial charge in [0.25, 0.3) is 0 Å². The smallest absolute Gasteiger partial charge is 0.309 e. The average Bonchev–Trinajstić information content (AvgIpc) is 3.04. The van der Waals surface area contributed by atoms with Gasteiger partial charge < -0.3 is 9.15 Å². The van der Waals surface area contributed by atoms with Crippen LogP contribution in [0.5, 0.6) is 0 Å². The maximum absolute atomic E-state index is 11.8. The van der Waals surface area contributed by atoms with E-state index < -0.39 is 0 Å². The number of hydrogen-bond acceptors (Lipinski definition) is 3. The quantitative estimate of drug-likeness (QED) is 0.499. The van der Waals surface area contributed by atoms with Crippen LogP contribution in [-0.4, -0.2) is 12.6 Å². The molecule has 132 valence electrons. The standard InChI is InChI=1S/C23H22O3/c1-4-25-23(24)17(3)14-21-15-20-7-5-6-19(22(20)26-21)13-12-18-10-8-16(2)9-11-18/h5-11,15,17H,4,14H2,1-3H3. The van der Waals surface area contributed by atoms with Crippen molar-refractivity contribution in [1.82, 2.24) is 0 Å². The first-order valence-corrected chi connectivity index (χ1v) is 8.83. The van der Waals surface area contributed by atoms with Crippen molar-refractivity contribution in [2.45, 2.75) is 27.2 Å². The largest absolute Gasteiger partial charge is 0.466 e. The Hall–Kier alpha value is -2.99. The molecule has 0 aliphatic heterocycles. The normalized spacial score (nSPS) is 11.7. The Morgan fingerprint density at radius 1 is 1.15 bits per heavy atom. The second kappa shape index (κ2) is 7.93. The molecule has 3 aromatic rings. The molecule has 1 atom stereocenters. The number of aryl methyl sites for hydroxylation is 1. The molecule has 0 aliphatic carbocycles. The third-order valence-electron chi connectivity index (χ3n) is 4.18. The van der Waals surface area contributed by atoms with Gasteiger partial charge >= 0.3 is 5.97 Å². The lowest BCUT2D eigenvalue weighted by molar-refractivity contribution is -0.147. The summed E-state index contributed by atoms with van der Waals surface area (Å²) >= 11 is 0. The van der Waals surface area contributed by atoms with E-state index in [2.05, 4.69) is 18.8 Å². The highest BCUT2D eigenvalue weighted by atomic mass is 16.5. The fourth-order valence-electron chi connectivity index (χ4n) is 2.76. The van der Waals surface area contributed by atoms with E-state index in [1.54, 1.807) is 0 Å². The molecule has 0 aliphatic rings. The summed E-state index contributed by atoms with van der Waals surface area (Å²) in [5.74, 6) is 6.71. The zero-order valence-corrected chi connectivity index (χ0v) is 15.3. The van der Waals surface area contributed by atoms with Crippen LogP contribution in [0.15, 0.2) is 52.9 Å². The van der Waals surface area contributed by atoms with Crippen LogP contribution in [0.1, 0.15) is 36.3 Å². The second-order valence-electron chi connectivity index (χ2n) is 6.41. The summed E-state index contributed by atoms with van der Waals surface area (Å²) < 4.78 is 11.1. The number of fused-ring (bicyclic) bond motifs is 1. The Morgan fingerprint density at radius 2 is 1.92 bits per heavy atom. The highest BCUT2D eigenvalue weighted by Crippen LogP contribution is 2.24. The van der Waals surface area contributed by atoms with E-state index in [0.29, 0.717) is 13.0 Å². The van der Waals surface area contributed by atoms with Gasteiger partial charge in [-0.3, -0.25) is 4.79 Å². The summed E-state index contributed by atoms with van der Waals surface area (Å²) in [4.78, 5) is 11.8. The molecule has 0 spiro atoms. The summed E-state index contributed by atoms with van der Waals surface area (Å²) in [6.45, 7) is 6.11. The zero-order valence-electron chi connectivity index (χ0n) is 15.3. The van der Waals surface area contributed by atoms with E-state index in [4.69, 9.17) is 9.15 Å². The summed E-state index contributed by atoms with van der Waals surface area (Å²) in [6.07, 6.45) is 0.512. The summed E-state index contributed by atoms with van der Waals surface area (Å²) in [7, 11) is 0. The van der Waals surface area contributed by atoms with Crippen molar-refractivity contribution in [3.63, 3.8) is 0 Å². The minimum absolute atomic E-state index is 0.202. The Morgan fingerprint density at radius 3 is 2.65 bits per heavy atom. The van der Waals surface area contributed by atoms with Crippen molar-refractivity contribution in [2.75, 3.05) is 6.61 Å². The maximum Gasteiger partial charge on any atom is 0.309 e. The summed E-state index contributed by atoms with van der Waals surface area (Å²) in [5, 5.41) is 0.992. The van der Waals surface area contributed by atoms with Gasteiger partial charge in [-0.2, -0.15) is 0 Å². The molecule has 0 saturated carbocycles. The molecule has 3 heteroatoms. The molecule has 0 radical (unpaired) electrons. The average molecular weight is 346 g/mol. The highest BCUT2D eigenvalue weighted by Gasteiger charge is 2.17. The number of carbonyl (C=O) groups is 1. The second-order valence-corrected chi connectivity index (χ2v) is 6.41. The fourth-order valence-corrected chi connectivity index (χ4v) is 2.76. The number of rotatable bonds is 4. The highest BCUT2D eigenvalue weighted by molar-refractivity contribution is 5.84. The third-order valence-corrected chi connectivity index (χ3v) is 4.18. The Labute approximate surface area is 154 Å². The van der Waals surface area contributed by atoms with E-state index in [9.17, 15) is 4.79 Å². The zero-order chi connectivity index (χ0) is 18.5. The van der Waals surface area contributed by atoms with Crippen molar-refractivity contribution in [2.24, 2.45) is 5.92 Å². The van der Waals surface area contributed by atoms with Gasteiger partial charge in [-0.25, -0.2) is 0 Å². The Bertz CT molecular complexity index is 968. The van der Waals surface area contributed by atoms with Crippen LogP contribution in [0.25, 0.3) is 11.0 Å². The fraction of sp³-hybridized carbons (Fsp3) is 0.261. The van der Waals surface area contributed by atoms with E-state index in [1.807, 2.05) is 62.4 Å². The number of hydrogen-bond donors (Lipinski definition) is 0. The maximum atomic E-state index is 11.8. The van der Waals surface area contributed by atoms with Gasteiger partial charge in [0.2, 0.25) is 0 Å². The molecule has 0 saturated heterocycles. The number of benzene rings is 2. The van der Waals surface area contributed by atoms with Crippen LogP contribution in [0.2, 0.25) is 0 Å². The van der Waals surface area contributed by atoms with E-state index in [-0.39, 0.29) is 11.9 Å². The minimum Gasteiger partial charge on any atom is -0.466 e. The summed E-state index contributed by atoms with van der Waals surface area (Å²) in [6, 6.07) is 16.0. The van der Waals surface area contributed by atoms with Crippen LogP contribution in [-0.2, 0) is 16.0 Å². The van der Waals surface area contributed by atoms with E-state index in [1.165, 1.54) is 5.56 Å². The minimum atomic E-state index is -0.238. The molecule has 0 bridgehead atoms. The Balaban J connectivity index is 1.86. The van der Waals surface area contributed by atoms with Crippen molar-refractivity contribution in [1.29, 1.82) is 0 Å². The molecule has 0 fully saturated rings. The molecule has 3 rings (SSSR count). The van der Waals surface area contributed by atoms with E-state index in [0.717, 1.165) is 27.9 Å². The molecule has 1 aromatic heterocycles. The summed E-state index contributed by atoms with van der Waals surface area (Å²) in [5.41, 5.74) is 3.79. The number of carbonyl (C=O) groups excluding carboxylic acids is 1. The lowest BCUT2D eigenvalue weighted by Gasteiger charge is -2.07. The van der Waals surface area contributed by atoms with Gasteiger partial charge in [0.1, 0.15) is 11.3 Å². The van der Waals surface area contributed by atoms with Crippen LogP contribution < -0.4 is 0 Å². The van der Waals surface area contributed by atoms with Gasteiger partial charge in [0.05, 0.1) is 18.1 Å². The monoisotopic (exact) mass is 346 g/mol. The molecular weight excluding hydrogens is 324 g/mol. The number of ether oxygens (including phenoxy) is 1. The molecule has 0 amide bonds. The van der Waals surface area contributed by atoms with Crippen LogP contribution in [0.3, 0.4) is 0 Å². The van der Waals surface area contributed by atoms with Crippen LogP contribution in [0.4, 0.5) is 0 Å². The first-order valence-electron chi connectivity index (χ1n) is 8.83. The van der Waals surface area contributed by atoms with Gasteiger partial charge in [-0.15, -0.1) is 0 Å². The molecule has 1 heterocycles. The van der Waals surface area contributed by atoms with Gasteiger partial charge in [0.15, 0.2) is 0 Å². The predicted octanol–water partition coefficient (Wildman–Crippen LogP) is 4.88. The molecule has 1 unspecified atom stereocenters. The van der Waals surface area contributed by atoms with Gasteiger partial charge in [0, 0.05) is 17.4 Å². The molecule has 0 N–H and O–H groups in total. The SMILES string of the molecule is CCOC(=O)C(C)Cc1cc2cccc(C#Cc3ccc(C)cc3)c2o1. The predicted molar refractivity (Wildman–Crippen MR) is 103 cm³/mol. The lowest BCUT2D eigenvalue weighted by atomic mass is 10.1. The van der Waals surface area contributed by atoms with Crippen LogP contribution >= 0.6 is 0 Å². The Kier molecular flexibility index (Phi) is 5.43.